The van der Waals surface area contributed by atoms with Gasteiger partial charge in [0.2, 0.25) is 0 Å². The highest BCUT2D eigenvalue weighted by Gasteiger charge is 2.43. The fraction of sp³-hybridized carbons (Fsp3) is 0.588. The molecule has 1 N–H and O–H groups in total. The van der Waals surface area contributed by atoms with Crippen LogP contribution < -0.4 is 10.1 Å². The van der Waals surface area contributed by atoms with Crippen LogP contribution in [-0.4, -0.2) is 39.9 Å². The molecule has 1 aromatic carbocycles. The second-order valence-electron chi connectivity index (χ2n) is 6.91. The highest BCUT2D eigenvalue weighted by molar-refractivity contribution is 5.36. The second kappa shape index (κ2) is 6.28. The van der Waals surface area contributed by atoms with E-state index in [1.165, 1.54) is 45.2 Å². The molecule has 2 heterocycles. The van der Waals surface area contributed by atoms with E-state index in [9.17, 15) is 0 Å². The van der Waals surface area contributed by atoms with Gasteiger partial charge in [-0.15, -0.1) is 5.10 Å². The van der Waals surface area contributed by atoms with Gasteiger partial charge in [0.05, 0.1) is 12.3 Å². The summed E-state index contributed by atoms with van der Waals surface area (Å²) in [5.74, 6) is 1.77. The van der Waals surface area contributed by atoms with Crippen LogP contribution in [0.5, 0.6) is 5.75 Å². The summed E-state index contributed by atoms with van der Waals surface area (Å²) in [6.45, 7) is 3.22. The van der Waals surface area contributed by atoms with Gasteiger partial charge in [-0.25, -0.2) is 4.68 Å². The van der Waals surface area contributed by atoms with Crippen molar-refractivity contribution in [1.82, 2.24) is 25.5 Å². The zero-order valence-corrected chi connectivity index (χ0v) is 13.3. The molecule has 2 aromatic rings. The maximum absolute atomic E-state index is 5.89. The van der Waals surface area contributed by atoms with Crippen LogP contribution in [0.15, 0.2) is 30.6 Å². The molecule has 0 bridgehead atoms. The van der Waals surface area contributed by atoms with Crippen LogP contribution in [0.3, 0.4) is 0 Å². The van der Waals surface area contributed by atoms with Crippen LogP contribution in [-0.2, 0) is 0 Å². The first kappa shape index (κ1) is 14.6. The van der Waals surface area contributed by atoms with E-state index in [0.717, 1.165) is 24.0 Å². The minimum Gasteiger partial charge on any atom is -0.494 e. The Kier molecular flexibility index (Phi) is 3.99. The Bertz CT molecular complexity index is 611. The topological polar surface area (TPSA) is 64.9 Å². The van der Waals surface area contributed by atoms with Gasteiger partial charge in [-0.3, -0.25) is 0 Å². The van der Waals surface area contributed by atoms with Crippen molar-refractivity contribution in [3.05, 3.63) is 30.6 Å². The van der Waals surface area contributed by atoms with Gasteiger partial charge in [-0.2, -0.15) is 0 Å². The number of hydrogen-bond acceptors (Lipinski definition) is 5. The summed E-state index contributed by atoms with van der Waals surface area (Å²) in [5.41, 5.74) is 1.61. The van der Waals surface area contributed by atoms with Crippen LogP contribution in [0.2, 0.25) is 0 Å². The van der Waals surface area contributed by atoms with Crippen LogP contribution >= 0.6 is 0 Å². The molecule has 2 fully saturated rings. The molecule has 6 nitrogen and oxygen atoms in total. The molecule has 1 spiro atoms. The van der Waals surface area contributed by atoms with E-state index in [1.807, 2.05) is 24.3 Å². The van der Waals surface area contributed by atoms with Crippen molar-refractivity contribution in [3.8, 4) is 11.4 Å². The molecule has 23 heavy (non-hydrogen) atoms. The molecule has 2 aliphatic rings. The van der Waals surface area contributed by atoms with Gasteiger partial charge in [0.1, 0.15) is 12.1 Å². The largest absolute Gasteiger partial charge is 0.494 e. The van der Waals surface area contributed by atoms with Gasteiger partial charge in [-0.05, 0) is 91.2 Å². The van der Waals surface area contributed by atoms with E-state index in [1.54, 1.807) is 11.0 Å². The highest BCUT2D eigenvalue weighted by atomic mass is 16.5. The van der Waals surface area contributed by atoms with Crippen molar-refractivity contribution >= 4 is 0 Å². The lowest BCUT2D eigenvalue weighted by Crippen LogP contribution is -2.45. The number of ether oxygens (including phenoxy) is 1. The zero-order valence-electron chi connectivity index (χ0n) is 13.3. The van der Waals surface area contributed by atoms with Gasteiger partial charge in [0, 0.05) is 0 Å². The van der Waals surface area contributed by atoms with E-state index in [-0.39, 0.29) is 0 Å². The number of piperidine rings is 1. The summed E-state index contributed by atoms with van der Waals surface area (Å²) in [6.07, 6.45) is 8.28. The van der Waals surface area contributed by atoms with E-state index < -0.39 is 0 Å². The lowest BCUT2D eigenvalue weighted by molar-refractivity contribution is 0.0113. The normalized spacial score (nSPS) is 20.3. The highest BCUT2D eigenvalue weighted by Crippen LogP contribution is 2.52. The second-order valence-corrected chi connectivity index (χ2v) is 6.91. The van der Waals surface area contributed by atoms with Crippen LogP contribution in [0.25, 0.3) is 5.69 Å². The fourth-order valence-corrected chi connectivity index (χ4v) is 4.05. The SMILES string of the molecule is c1cc(-n2cnnn2)ccc1OCCC1CC2(CCNCC2)C1. The Morgan fingerprint density at radius 1 is 1.17 bits per heavy atom. The summed E-state index contributed by atoms with van der Waals surface area (Å²) in [5, 5.41) is 14.6. The molecule has 6 heteroatoms. The smallest absolute Gasteiger partial charge is 0.143 e. The minimum absolute atomic E-state index is 0.670. The first-order chi connectivity index (χ1) is 11.3. The third-order valence-corrected chi connectivity index (χ3v) is 5.35. The standard InChI is InChI=1S/C17H23N5O/c1-3-16(4-2-15(1)22-13-19-20-21-22)23-10-5-14-11-17(12-14)6-8-18-9-7-17/h1-4,13-14,18H,5-12H2. The van der Waals surface area contributed by atoms with Gasteiger partial charge in [0.25, 0.3) is 0 Å². The van der Waals surface area contributed by atoms with Crippen molar-refractivity contribution in [2.75, 3.05) is 19.7 Å². The number of hydrogen-bond donors (Lipinski definition) is 1. The molecular weight excluding hydrogens is 290 g/mol. The van der Waals surface area contributed by atoms with Gasteiger partial charge in [-0.1, -0.05) is 0 Å². The van der Waals surface area contributed by atoms with Crippen molar-refractivity contribution in [2.45, 2.75) is 32.1 Å². The predicted molar refractivity (Wildman–Crippen MR) is 86.5 cm³/mol. The summed E-state index contributed by atoms with van der Waals surface area (Å²) >= 11 is 0. The van der Waals surface area contributed by atoms with Gasteiger partial charge >= 0.3 is 0 Å². The summed E-state index contributed by atoms with van der Waals surface area (Å²) < 4.78 is 7.52. The summed E-state index contributed by atoms with van der Waals surface area (Å²) in [7, 11) is 0. The van der Waals surface area contributed by atoms with E-state index in [0.29, 0.717) is 5.41 Å². The Labute approximate surface area is 136 Å². The maximum Gasteiger partial charge on any atom is 0.143 e. The lowest BCUT2D eigenvalue weighted by Gasteiger charge is -2.50. The van der Waals surface area contributed by atoms with Crippen molar-refractivity contribution < 1.29 is 4.74 Å². The molecule has 1 saturated carbocycles. The van der Waals surface area contributed by atoms with E-state index in [2.05, 4.69) is 20.8 Å². The average molecular weight is 313 g/mol. The molecule has 0 amide bonds. The number of benzene rings is 1. The molecule has 4 rings (SSSR count). The zero-order chi connectivity index (χ0) is 15.5. The van der Waals surface area contributed by atoms with Crippen LogP contribution in [0.1, 0.15) is 32.1 Å². The molecule has 0 radical (unpaired) electrons. The monoisotopic (exact) mass is 313 g/mol. The molecule has 1 aromatic heterocycles. The van der Waals surface area contributed by atoms with Crippen molar-refractivity contribution in [3.63, 3.8) is 0 Å². The van der Waals surface area contributed by atoms with Crippen molar-refractivity contribution in [2.24, 2.45) is 11.3 Å². The fourth-order valence-electron chi connectivity index (χ4n) is 4.05. The molecule has 122 valence electrons. The number of nitrogens with one attached hydrogen (secondary N) is 1. The Hall–Kier alpha value is -1.95. The lowest BCUT2D eigenvalue weighted by atomic mass is 9.57. The maximum atomic E-state index is 5.89. The molecule has 1 aliphatic heterocycles. The first-order valence-corrected chi connectivity index (χ1v) is 8.50. The molecule has 1 saturated heterocycles. The molecular formula is C17H23N5O. The Morgan fingerprint density at radius 3 is 2.65 bits per heavy atom. The van der Waals surface area contributed by atoms with Gasteiger partial charge < -0.3 is 10.1 Å². The minimum atomic E-state index is 0.670. The molecule has 0 atom stereocenters. The van der Waals surface area contributed by atoms with Gasteiger partial charge in [0.15, 0.2) is 0 Å². The third-order valence-electron chi connectivity index (χ3n) is 5.35. The Balaban J connectivity index is 1.21. The predicted octanol–water partition coefficient (Wildman–Crippen LogP) is 2.21. The van der Waals surface area contributed by atoms with Crippen LogP contribution in [0, 0.1) is 11.3 Å². The Morgan fingerprint density at radius 2 is 1.96 bits per heavy atom. The van der Waals surface area contributed by atoms with Crippen molar-refractivity contribution in [1.29, 1.82) is 0 Å². The number of tetrazole rings is 1. The summed E-state index contributed by atoms with van der Waals surface area (Å²) in [6, 6.07) is 7.90. The third kappa shape index (κ3) is 3.22. The molecule has 0 unspecified atom stereocenters. The first-order valence-electron chi connectivity index (χ1n) is 8.50. The number of rotatable bonds is 5. The van der Waals surface area contributed by atoms with E-state index in [4.69, 9.17) is 4.74 Å². The molecule has 1 aliphatic carbocycles. The van der Waals surface area contributed by atoms with E-state index >= 15 is 0 Å². The summed E-state index contributed by atoms with van der Waals surface area (Å²) in [4.78, 5) is 0. The number of nitrogens with zero attached hydrogens (tertiary/aromatic N) is 4. The quantitative estimate of drug-likeness (QED) is 0.917. The van der Waals surface area contributed by atoms with Crippen LogP contribution in [0.4, 0.5) is 0 Å². The average Bonchev–Trinajstić information content (AvgIpc) is 3.09. The number of aromatic nitrogens is 4.